The summed E-state index contributed by atoms with van der Waals surface area (Å²) in [5.74, 6) is -0.612. The van der Waals surface area contributed by atoms with Gasteiger partial charge in [-0.2, -0.15) is 13.2 Å². The van der Waals surface area contributed by atoms with E-state index in [1.54, 1.807) is 4.90 Å². The van der Waals surface area contributed by atoms with E-state index in [1.807, 2.05) is 0 Å². The summed E-state index contributed by atoms with van der Waals surface area (Å²) >= 11 is -0.141. The van der Waals surface area contributed by atoms with Crippen molar-refractivity contribution in [3.63, 3.8) is 0 Å². The molecule has 1 aliphatic heterocycles. The van der Waals surface area contributed by atoms with E-state index in [0.29, 0.717) is 25.9 Å². The number of rotatable bonds is 4. The van der Waals surface area contributed by atoms with E-state index in [0.717, 1.165) is 0 Å². The van der Waals surface area contributed by atoms with Crippen molar-refractivity contribution in [1.29, 1.82) is 0 Å². The predicted octanol–water partition coefficient (Wildman–Crippen LogP) is 1.61. The number of nitrogens with zero attached hydrogens (tertiary/aromatic N) is 1. The standard InChI is InChI=1S/C11H17F3N2O2S/c1-8(17)16-5-2-9(3-6-16)10(18)15-4-7-19-11(12,13)14/h9H,2-7H2,1H3,(H,15,18). The largest absolute Gasteiger partial charge is 0.441 e. The van der Waals surface area contributed by atoms with E-state index >= 15 is 0 Å². The van der Waals surface area contributed by atoms with Crippen LogP contribution in [0.2, 0.25) is 0 Å². The van der Waals surface area contributed by atoms with Gasteiger partial charge in [-0.05, 0) is 24.6 Å². The van der Waals surface area contributed by atoms with Gasteiger partial charge in [0.05, 0.1) is 0 Å². The number of carbonyl (C=O) groups is 2. The average molecular weight is 298 g/mol. The van der Waals surface area contributed by atoms with Gasteiger partial charge in [0.2, 0.25) is 11.8 Å². The molecule has 0 saturated carbocycles. The second-order valence-electron chi connectivity index (χ2n) is 4.37. The highest BCUT2D eigenvalue weighted by Crippen LogP contribution is 2.29. The highest BCUT2D eigenvalue weighted by molar-refractivity contribution is 8.00. The van der Waals surface area contributed by atoms with Crippen LogP contribution in [0.25, 0.3) is 0 Å². The van der Waals surface area contributed by atoms with Gasteiger partial charge in [0.1, 0.15) is 0 Å². The highest BCUT2D eigenvalue weighted by Gasteiger charge is 2.28. The van der Waals surface area contributed by atoms with Crippen LogP contribution < -0.4 is 5.32 Å². The maximum Gasteiger partial charge on any atom is 0.441 e. The number of hydrogen-bond donors (Lipinski definition) is 1. The summed E-state index contributed by atoms with van der Waals surface area (Å²) in [6.45, 7) is 2.56. The van der Waals surface area contributed by atoms with Crippen molar-refractivity contribution in [3.8, 4) is 0 Å². The molecule has 4 nitrogen and oxygen atoms in total. The molecule has 0 aromatic carbocycles. The molecule has 1 aliphatic rings. The Kier molecular flexibility index (Phi) is 5.96. The summed E-state index contributed by atoms with van der Waals surface area (Å²) in [6, 6.07) is 0. The molecule has 0 spiro atoms. The van der Waals surface area contributed by atoms with E-state index in [-0.39, 0.29) is 41.8 Å². The van der Waals surface area contributed by atoms with Crippen molar-refractivity contribution in [1.82, 2.24) is 10.2 Å². The minimum Gasteiger partial charge on any atom is -0.355 e. The zero-order chi connectivity index (χ0) is 14.5. The minimum atomic E-state index is -4.25. The van der Waals surface area contributed by atoms with Gasteiger partial charge >= 0.3 is 5.51 Å². The Bertz CT molecular complexity index is 328. The van der Waals surface area contributed by atoms with Crippen LogP contribution >= 0.6 is 11.8 Å². The maximum atomic E-state index is 11.9. The van der Waals surface area contributed by atoms with Crippen molar-refractivity contribution < 1.29 is 22.8 Å². The SMILES string of the molecule is CC(=O)N1CCC(C(=O)NCCSC(F)(F)F)CC1. The molecule has 0 aromatic rings. The van der Waals surface area contributed by atoms with Crippen LogP contribution in [0.3, 0.4) is 0 Å². The maximum absolute atomic E-state index is 11.9. The summed E-state index contributed by atoms with van der Waals surface area (Å²) in [4.78, 5) is 24.5. The Hall–Kier alpha value is -0.920. The summed E-state index contributed by atoms with van der Waals surface area (Å²) in [5, 5.41) is 2.51. The summed E-state index contributed by atoms with van der Waals surface area (Å²) in [7, 11) is 0. The smallest absolute Gasteiger partial charge is 0.355 e. The van der Waals surface area contributed by atoms with Crippen LogP contribution in [-0.4, -0.2) is 47.6 Å². The van der Waals surface area contributed by atoms with Crippen LogP contribution in [0.15, 0.2) is 0 Å². The van der Waals surface area contributed by atoms with E-state index in [4.69, 9.17) is 0 Å². The third-order valence-corrected chi connectivity index (χ3v) is 3.71. The molecule has 2 amide bonds. The number of halogens is 3. The molecular formula is C11H17F3N2O2S. The first-order valence-corrected chi connectivity index (χ1v) is 7.02. The molecule has 0 bridgehead atoms. The van der Waals surface area contributed by atoms with E-state index in [2.05, 4.69) is 5.32 Å². The number of alkyl halides is 3. The van der Waals surface area contributed by atoms with Gasteiger partial charge < -0.3 is 10.2 Å². The number of piperidine rings is 1. The van der Waals surface area contributed by atoms with Gasteiger partial charge in [0.25, 0.3) is 0 Å². The Morgan fingerprint density at radius 1 is 1.32 bits per heavy atom. The van der Waals surface area contributed by atoms with Gasteiger partial charge in [-0.15, -0.1) is 0 Å². The summed E-state index contributed by atoms with van der Waals surface area (Å²) in [6.07, 6.45) is 1.13. The molecule has 1 N–H and O–H groups in total. The van der Waals surface area contributed by atoms with Crippen molar-refractivity contribution in [2.24, 2.45) is 5.92 Å². The third-order valence-electron chi connectivity index (χ3n) is 2.98. The molecule has 19 heavy (non-hydrogen) atoms. The number of nitrogens with one attached hydrogen (secondary N) is 1. The lowest BCUT2D eigenvalue weighted by Crippen LogP contribution is -2.42. The van der Waals surface area contributed by atoms with Crippen molar-refractivity contribution >= 4 is 23.6 Å². The molecule has 110 valence electrons. The number of carbonyl (C=O) groups excluding carboxylic acids is 2. The zero-order valence-corrected chi connectivity index (χ0v) is 11.4. The van der Waals surface area contributed by atoms with E-state index in [1.165, 1.54) is 6.92 Å². The molecule has 0 radical (unpaired) electrons. The molecule has 0 unspecified atom stereocenters. The highest BCUT2D eigenvalue weighted by atomic mass is 32.2. The van der Waals surface area contributed by atoms with Gasteiger partial charge in [-0.1, -0.05) is 0 Å². The third kappa shape index (κ3) is 6.17. The quantitative estimate of drug-likeness (QED) is 0.802. The van der Waals surface area contributed by atoms with Crippen molar-refractivity contribution in [2.75, 3.05) is 25.4 Å². The lowest BCUT2D eigenvalue weighted by Gasteiger charge is -2.30. The van der Waals surface area contributed by atoms with Gasteiger partial charge in [0.15, 0.2) is 0 Å². The summed E-state index contributed by atoms with van der Waals surface area (Å²) < 4.78 is 35.6. The minimum absolute atomic E-state index is 0.00985. The normalized spacial score (nSPS) is 17.4. The van der Waals surface area contributed by atoms with E-state index < -0.39 is 5.51 Å². The molecule has 1 rings (SSSR count). The molecule has 8 heteroatoms. The molecule has 0 aromatic heterocycles. The van der Waals surface area contributed by atoms with Crippen LogP contribution in [-0.2, 0) is 9.59 Å². The van der Waals surface area contributed by atoms with Crippen LogP contribution in [0.1, 0.15) is 19.8 Å². The Balaban J connectivity index is 2.19. The van der Waals surface area contributed by atoms with Crippen molar-refractivity contribution in [2.45, 2.75) is 25.3 Å². The monoisotopic (exact) mass is 298 g/mol. The summed E-state index contributed by atoms with van der Waals surface area (Å²) in [5.41, 5.74) is -4.25. The first kappa shape index (κ1) is 16.1. The predicted molar refractivity (Wildman–Crippen MR) is 66.5 cm³/mol. The van der Waals surface area contributed by atoms with Crippen LogP contribution in [0.5, 0.6) is 0 Å². The lowest BCUT2D eigenvalue weighted by molar-refractivity contribution is -0.133. The van der Waals surface area contributed by atoms with Crippen LogP contribution in [0, 0.1) is 5.92 Å². The van der Waals surface area contributed by atoms with Gasteiger partial charge in [-0.25, -0.2) is 0 Å². The Morgan fingerprint density at radius 2 is 1.89 bits per heavy atom. The average Bonchev–Trinajstić information content (AvgIpc) is 2.33. The Labute approximate surface area is 114 Å². The number of likely N-dealkylation sites (tertiary alicyclic amines) is 1. The topological polar surface area (TPSA) is 49.4 Å². The zero-order valence-electron chi connectivity index (χ0n) is 10.6. The first-order chi connectivity index (χ1) is 8.79. The van der Waals surface area contributed by atoms with E-state index in [9.17, 15) is 22.8 Å². The van der Waals surface area contributed by atoms with Gasteiger partial charge in [-0.3, -0.25) is 9.59 Å². The second-order valence-corrected chi connectivity index (χ2v) is 5.53. The second kappa shape index (κ2) is 7.02. The number of thioether (sulfide) groups is 1. The first-order valence-electron chi connectivity index (χ1n) is 6.03. The van der Waals surface area contributed by atoms with Gasteiger partial charge in [0, 0.05) is 38.2 Å². The fourth-order valence-corrected chi connectivity index (χ4v) is 2.38. The molecule has 1 fully saturated rings. The number of amides is 2. The van der Waals surface area contributed by atoms with Crippen LogP contribution in [0.4, 0.5) is 13.2 Å². The van der Waals surface area contributed by atoms with Crippen molar-refractivity contribution in [3.05, 3.63) is 0 Å². The molecule has 1 saturated heterocycles. The molecular weight excluding hydrogens is 281 g/mol. The molecule has 0 aliphatic carbocycles. The molecule has 1 heterocycles. The molecule has 0 atom stereocenters. The number of hydrogen-bond acceptors (Lipinski definition) is 3. The Morgan fingerprint density at radius 3 is 2.37 bits per heavy atom. The fraction of sp³-hybridized carbons (Fsp3) is 0.818. The lowest BCUT2D eigenvalue weighted by atomic mass is 9.96. The fourth-order valence-electron chi connectivity index (χ4n) is 1.94.